The molecule has 4 nitrogen and oxygen atoms in total. The number of nitrogens with zero attached hydrogens (tertiary/aromatic N) is 1. The summed E-state index contributed by atoms with van der Waals surface area (Å²) in [4.78, 5) is 15.3. The Bertz CT molecular complexity index is 817. The van der Waals surface area contributed by atoms with Crippen molar-refractivity contribution in [3.8, 4) is 0 Å². The smallest absolute Gasteiger partial charge is 0.338 e. The molecular formula is C20H20ClNO3. The summed E-state index contributed by atoms with van der Waals surface area (Å²) < 4.78 is 6.00. The van der Waals surface area contributed by atoms with E-state index in [0.717, 1.165) is 31.4 Å². The Morgan fingerprint density at radius 1 is 1.32 bits per heavy atom. The maximum Gasteiger partial charge on any atom is 0.338 e. The van der Waals surface area contributed by atoms with Crippen LogP contribution in [0.2, 0.25) is 5.02 Å². The molecular weight excluding hydrogens is 338 g/mol. The first-order chi connectivity index (χ1) is 12.1. The molecule has 130 valence electrons. The average molecular weight is 358 g/mol. The molecule has 2 saturated heterocycles. The molecule has 1 aromatic carbocycles. The van der Waals surface area contributed by atoms with Crippen molar-refractivity contribution in [2.75, 3.05) is 6.54 Å². The highest BCUT2D eigenvalue weighted by molar-refractivity contribution is 6.31. The number of hydrogen-bond acceptors (Lipinski definition) is 4. The molecule has 0 radical (unpaired) electrons. The lowest BCUT2D eigenvalue weighted by Crippen LogP contribution is -2.48. The summed E-state index contributed by atoms with van der Waals surface area (Å²) in [6.07, 6.45) is 7.29. The van der Waals surface area contributed by atoms with E-state index in [2.05, 4.69) is 11.0 Å². The summed E-state index contributed by atoms with van der Waals surface area (Å²) in [5.74, 6) is -0.403. The minimum Gasteiger partial charge on any atom is -0.449 e. The molecule has 2 bridgehead atoms. The summed E-state index contributed by atoms with van der Waals surface area (Å²) in [5, 5.41) is 11.4. The quantitative estimate of drug-likeness (QED) is 0.826. The molecule has 4 aliphatic rings. The van der Waals surface area contributed by atoms with Crippen molar-refractivity contribution in [3.63, 3.8) is 0 Å². The van der Waals surface area contributed by atoms with E-state index < -0.39 is 17.7 Å². The Morgan fingerprint density at radius 3 is 3.00 bits per heavy atom. The molecule has 0 aromatic heterocycles. The van der Waals surface area contributed by atoms with Crippen molar-refractivity contribution in [2.45, 2.75) is 49.5 Å². The van der Waals surface area contributed by atoms with Crippen LogP contribution in [0.1, 0.15) is 37.4 Å². The van der Waals surface area contributed by atoms with Gasteiger partial charge in [0.2, 0.25) is 0 Å². The number of ether oxygens (including phenoxy) is 1. The number of aliphatic hydroxyl groups is 1. The van der Waals surface area contributed by atoms with Crippen LogP contribution in [-0.2, 0) is 9.53 Å². The maximum atomic E-state index is 12.8. The zero-order valence-electron chi connectivity index (χ0n) is 13.8. The highest BCUT2D eigenvalue weighted by atomic mass is 35.5. The van der Waals surface area contributed by atoms with Crippen LogP contribution >= 0.6 is 11.6 Å². The molecule has 25 heavy (non-hydrogen) atoms. The monoisotopic (exact) mass is 357 g/mol. The lowest BCUT2D eigenvalue weighted by atomic mass is 9.78. The van der Waals surface area contributed by atoms with Crippen LogP contribution in [0.15, 0.2) is 47.6 Å². The summed E-state index contributed by atoms with van der Waals surface area (Å²) in [6.45, 7) is 1.05. The Morgan fingerprint density at radius 2 is 2.16 bits per heavy atom. The summed E-state index contributed by atoms with van der Waals surface area (Å²) >= 11 is 6.25. The number of benzene rings is 1. The maximum absolute atomic E-state index is 12.8. The Hall–Kier alpha value is -1.62. The molecule has 4 atom stereocenters. The molecule has 3 heterocycles. The first-order valence-electron chi connectivity index (χ1n) is 8.96. The van der Waals surface area contributed by atoms with Gasteiger partial charge in [-0.3, -0.25) is 4.90 Å². The van der Waals surface area contributed by atoms with Crippen LogP contribution < -0.4 is 0 Å². The topological polar surface area (TPSA) is 49.8 Å². The number of aliphatic hydroxyl groups excluding tert-OH is 1. The molecule has 1 spiro atoms. The number of esters is 1. The number of fused-ring (bicyclic) bond motifs is 3. The molecule has 5 heteroatoms. The van der Waals surface area contributed by atoms with Gasteiger partial charge in [0, 0.05) is 28.6 Å². The van der Waals surface area contributed by atoms with E-state index >= 15 is 0 Å². The first-order valence-corrected chi connectivity index (χ1v) is 9.34. The van der Waals surface area contributed by atoms with Gasteiger partial charge in [0.15, 0.2) is 5.60 Å². The predicted octanol–water partition coefficient (Wildman–Crippen LogP) is 3.16. The third kappa shape index (κ3) is 2.05. The van der Waals surface area contributed by atoms with E-state index in [1.807, 2.05) is 18.2 Å². The Kier molecular flexibility index (Phi) is 3.40. The standard InChI is InChI=1S/C20H20ClNO3/c21-15-6-2-1-5-13(15)18(23)17-14-9-8-12-11-20(14,25-19(17)24)16-7-3-4-10-22(12)16/h1-2,5-6,8-9,12,16,18,23H,3-4,7,10-11H2/t12-,16+,18?,20+/m1/s1. The number of carbonyl (C=O) groups excluding carboxylic acids is 1. The van der Waals surface area contributed by atoms with Crippen LogP contribution in [0.3, 0.4) is 0 Å². The van der Waals surface area contributed by atoms with Gasteiger partial charge < -0.3 is 9.84 Å². The molecule has 0 saturated carbocycles. The van der Waals surface area contributed by atoms with Gasteiger partial charge in [-0.1, -0.05) is 48.4 Å². The predicted molar refractivity (Wildman–Crippen MR) is 94.2 cm³/mol. The van der Waals surface area contributed by atoms with Crippen molar-refractivity contribution in [1.29, 1.82) is 0 Å². The lowest BCUT2D eigenvalue weighted by molar-refractivity contribution is -0.150. The zero-order chi connectivity index (χ0) is 17.2. The van der Waals surface area contributed by atoms with E-state index in [4.69, 9.17) is 16.3 Å². The lowest BCUT2D eigenvalue weighted by Gasteiger charge is -2.37. The van der Waals surface area contributed by atoms with E-state index in [9.17, 15) is 9.90 Å². The van der Waals surface area contributed by atoms with E-state index in [1.54, 1.807) is 12.1 Å². The second-order valence-electron chi connectivity index (χ2n) is 7.41. The molecule has 2 fully saturated rings. The molecule has 1 aromatic rings. The van der Waals surface area contributed by atoms with Gasteiger partial charge in [0.25, 0.3) is 0 Å². The van der Waals surface area contributed by atoms with Crippen LogP contribution in [0.5, 0.6) is 0 Å². The first kappa shape index (κ1) is 15.6. The fraction of sp³-hybridized carbons (Fsp3) is 0.450. The van der Waals surface area contributed by atoms with Gasteiger partial charge in [-0.25, -0.2) is 4.79 Å². The minimum atomic E-state index is -1.06. The van der Waals surface area contributed by atoms with Crippen molar-refractivity contribution in [2.24, 2.45) is 0 Å². The molecule has 1 aliphatic carbocycles. The second-order valence-corrected chi connectivity index (χ2v) is 7.82. The number of halogens is 1. The number of hydrogen-bond donors (Lipinski definition) is 1. The van der Waals surface area contributed by atoms with Crippen molar-refractivity contribution >= 4 is 17.6 Å². The van der Waals surface area contributed by atoms with Crippen LogP contribution in [-0.4, -0.2) is 40.2 Å². The molecule has 1 N–H and O–H groups in total. The fourth-order valence-corrected chi connectivity index (χ4v) is 5.40. The number of piperidine rings is 1. The van der Waals surface area contributed by atoms with Crippen LogP contribution in [0.4, 0.5) is 0 Å². The van der Waals surface area contributed by atoms with Gasteiger partial charge in [-0.2, -0.15) is 0 Å². The van der Waals surface area contributed by atoms with Gasteiger partial charge >= 0.3 is 5.97 Å². The minimum absolute atomic E-state index is 0.219. The van der Waals surface area contributed by atoms with Gasteiger partial charge in [0.1, 0.15) is 6.10 Å². The second kappa shape index (κ2) is 5.44. The van der Waals surface area contributed by atoms with E-state index in [0.29, 0.717) is 22.2 Å². The van der Waals surface area contributed by atoms with E-state index in [1.165, 1.54) is 6.42 Å². The van der Waals surface area contributed by atoms with Crippen molar-refractivity contribution in [3.05, 3.63) is 58.1 Å². The van der Waals surface area contributed by atoms with Gasteiger partial charge in [-0.05, 0) is 25.5 Å². The van der Waals surface area contributed by atoms with Gasteiger partial charge in [-0.15, -0.1) is 0 Å². The van der Waals surface area contributed by atoms with Crippen molar-refractivity contribution in [1.82, 2.24) is 4.90 Å². The number of rotatable bonds is 2. The van der Waals surface area contributed by atoms with Crippen LogP contribution in [0.25, 0.3) is 0 Å². The molecule has 0 amide bonds. The normalized spacial score (nSPS) is 34.7. The third-order valence-electron chi connectivity index (χ3n) is 6.22. The summed E-state index contributed by atoms with van der Waals surface area (Å²) in [5.41, 5.74) is 1.18. The summed E-state index contributed by atoms with van der Waals surface area (Å²) in [6, 6.07) is 7.67. The highest BCUT2D eigenvalue weighted by Crippen LogP contribution is 2.54. The molecule has 3 aliphatic heterocycles. The largest absolute Gasteiger partial charge is 0.449 e. The Labute approximate surface area is 151 Å². The number of carbonyl (C=O) groups is 1. The zero-order valence-corrected chi connectivity index (χ0v) is 14.6. The highest BCUT2D eigenvalue weighted by Gasteiger charge is 2.62. The summed E-state index contributed by atoms with van der Waals surface area (Å²) in [7, 11) is 0. The SMILES string of the molecule is O=C1O[C@@]23C[C@@H](C=CC2=C1C(O)c1ccccc1Cl)N1CCCC[C@H]13. The Balaban J connectivity index is 1.63. The molecule has 5 rings (SSSR count). The van der Waals surface area contributed by atoms with E-state index in [-0.39, 0.29) is 6.04 Å². The fourth-order valence-electron chi connectivity index (χ4n) is 5.16. The van der Waals surface area contributed by atoms with Crippen molar-refractivity contribution < 1.29 is 14.6 Å². The average Bonchev–Trinajstić information content (AvgIpc) is 3.06. The van der Waals surface area contributed by atoms with Crippen LogP contribution in [0, 0.1) is 0 Å². The third-order valence-corrected chi connectivity index (χ3v) is 6.56. The van der Waals surface area contributed by atoms with Gasteiger partial charge in [0.05, 0.1) is 11.6 Å². The molecule has 1 unspecified atom stereocenters.